The summed E-state index contributed by atoms with van der Waals surface area (Å²) in [4.78, 5) is 4.75. The van der Waals surface area contributed by atoms with Gasteiger partial charge in [-0.3, -0.25) is 0 Å². The third-order valence-corrected chi connectivity index (χ3v) is 12.8. The molecule has 0 nitrogen and oxygen atoms in total. The summed E-state index contributed by atoms with van der Waals surface area (Å²) in [5, 5.41) is 4.52. The minimum absolute atomic E-state index is 0.0842. The van der Waals surface area contributed by atoms with Crippen LogP contribution in [0.3, 0.4) is 0 Å². The van der Waals surface area contributed by atoms with Crippen molar-refractivity contribution in [3.8, 4) is 20.2 Å². The highest BCUT2D eigenvalue weighted by Crippen LogP contribution is 2.51. The summed E-state index contributed by atoms with van der Waals surface area (Å²) in [6.07, 6.45) is 10.8. The van der Waals surface area contributed by atoms with Crippen LogP contribution in [0.4, 0.5) is 8.78 Å². The Bertz CT molecular complexity index is 1550. The lowest BCUT2D eigenvalue weighted by Gasteiger charge is -2.13. The van der Waals surface area contributed by atoms with Crippen molar-refractivity contribution < 1.29 is 8.78 Å². The number of unbranched alkanes of at least 4 members (excludes halogenated alkanes) is 2. The molecule has 0 aliphatic carbocycles. The van der Waals surface area contributed by atoms with E-state index in [9.17, 15) is 0 Å². The zero-order chi connectivity index (χ0) is 28.2. The Labute approximate surface area is 254 Å². The Morgan fingerprint density at radius 1 is 0.700 bits per heavy atom. The predicted molar refractivity (Wildman–Crippen MR) is 178 cm³/mol. The fourth-order valence-corrected chi connectivity index (χ4v) is 10.3. The SMILES string of the molecule is CCCCC(CC)Cc1sc(-c2sc3cc4ccsc4cc3c2-c2cc(F)c(CC(CC)CCCC)s2)cc1F. The number of benzene rings is 1. The second-order valence-electron chi connectivity index (χ2n) is 11.1. The largest absolute Gasteiger partial charge is 0.206 e. The summed E-state index contributed by atoms with van der Waals surface area (Å²) >= 11 is 6.67. The molecular formula is C34H40F2S4. The van der Waals surface area contributed by atoms with Gasteiger partial charge in [0.15, 0.2) is 0 Å². The Hall–Kier alpha value is -1.60. The van der Waals surface area contributed by atoms with E-state index in [1.807, 2.05) is 0 Å². The summed E-state index contributed by atoms with van der Waals surface area (Å²) in [6.45, 7) is 8.88. The quantitative estimate of drug-likeness (QED) is 0.117. The van der Waals surface area contributed by atoms with Gasteiger partial charge in [-0.2, -0.15) is 0 Å². The molecule has 5 rings (SSSR count). The van der Waals surface area contributed by atoms with Gasteiger partial charge in [0.2, 0.25) is 0 Å². The Balaban J connectivity index is 1.58. The monoisotopic (exact) mass is 614 g/mol. The molecule has 0 radical (unpaired) electrons. The molecule has 0 saturated carbocycles. The van der Waals surface area contributed by atoms with Gasteiger partial charge in [-0.15, -0.1) is 45.3 Å². The van der Waals surface area contributed by atoms with Crippen molar-refractivity contribution in [1.29, 1.82) is 0 Å². The summed E-state index contributed by atoms with van der Waals surface area (Å²) < 4.78 is 33.3. The van der Waals surface area contributed by atoms with Crippen LogP contribution in [-0.4, -0.2) is 0 Å². The molecule has 40 heavy (non-hydrogen) atoms. The van der Waals surface area contributed by atoms with Crippen LogP contribution < -0.4 is 0 Å². The average molecular weight is 615 g/mol. The second-order valence-corrected chi connectivity index (χ2v) is 15.4. The smallest absolute Gasteiger partial charge is 0.137 e. The maximum absolute atomic E-state index is 15.5. The molecule has 214 valence electrons. The molecule has 1 aromatic carbocycles. The van der Waals surface area contributed by atoms with Crippen molar-refractivity contribution >= 4 is 65.5 Å². The molecule has 0 bridgehead atoms. The van der Waals surface area contributed by atoms with Crippen molar-refractivity contribution in [3.63, 3.8) is 0 Å². The maximum Gasteiger partial charge on any atom is 0.137 e. The molecule has 4 aromatic heterocycles. The van der Waals surface area contributed by atoms with Crippen LogP contribution in [0.25, 0.3) is 40.4 Å². The molecule has 0 aliphatic heterocycles. The lowest BCUT2D eigenvalue weighted by Crippen LogP contribution is -2.03. The van der Waals surface area contributed by atoms with Crippen molar-refractivity contribution in [2.75, 3.05) is 0 Å². The normalized spacial score (nSPS) is 13.6. The minimum Gasteiger partial charge on any atom is -0.206 e. The molecule has 4 heterocycles. The molecule has 0 N–H and O–H groups in total. The van der Waals surface area contributed by atoms with Crippen LogP contribution in [0, 0.1) is 23.5 Å². The topological polar surface area (TPSA) is 0 Å². The maximum atomic E-state index is 15.5. The zero-order valence-corrected chi connectivity index (χ0v) is 27.3. The van der Waals surface area contributed by atoms with Crippen LogP contribution in [0.2, 0.25) is 0 Å². The second kappa shape index (κ2) is 13.6. The van der Waals surface area contributed by atoms with Crippen molar-refractivity contribution in [2.45, 2.75) is 91.9 Å². The molecule has 0 amide bonds. The molecule has 6 heteroatoms. The highest BCUT2D eigenvalue weighted by atomic mass is 32.1. The highest BCUT2D eigenvalue weighted by Gasteiger charge is 2.24. The summed E-state index contributed by atoms with van der Waals surface area (Å²) in [7, 11) is 0. The lowest BCUT2D eigenvalue weighted by atomic mass is 9.95. The van der Waals surface area contributed by atoms with Gasteiger partial charge in [-0.25, -0.2) is 8.78 Å². The number of hydrogen-bond acceptors (Lipinski definition) is 4. The van der Waals surface area contributed by atoms with Crippen LogP contribution in [0.5, 0.6) is 0 Å². The van der Waals surface area contributed by atoms with E-state index in [0.29, 0.717) is 11.8 Å². The predicted octanol–water partition coefficient (Wildman–Crippen LogP) is 13.4. The first-order chi connectivity index (χ1) is 19.4. The van der Waals surface area contributed by atoms with Crippen molar-refractivity contribution in [2.24, 2.45) is 11.8 Å². The van der Waals surface area contributed by atoms with Gasteiger partial charge in [0.1, 0.15) is 11.6 Å². The fourth-order valence-electron chi connectivity index (χ4n) is 5.71. The van der Waals surface area contributed by atoms with Gasteiger partial charge in [-0.05, 0) is 65.8 Å². The first-order valence-corrected chi connectivity index (χ1v) is 18.3. The first-order valence-electron chi connectivity index (χ1n) is 15.0. The van der Waals surface area contributed by atoms with Gasteiger partial charge in [0.05, 0.1) is 4.88 Å². The van der Waals surface area contributed by atoms with E-state index in [-0.39, 0.29) is 11.6 Å². The molecule has 2 unspecified atom stereocenters. The molecular weight excluding hydrogens is 575 g/mol. The average Bonchev–Trinajstić information content (AvgIpc) is 3.73. The molecule has 0 fully saturated rings. The van der Waals surface area contributed by atoms with Crippen LogP contribution in [0.1, 0.15) is 88.8 Å². The number of hydrogen-bond donors (Lipinski definition) is 0. The van der Waals surface area contributed by atoms with E-state index in [1.54, 1.807) is 57.5 Å². The van der Waals surface area contributed by atoms with E-state index in [2.05, 4.69) is 51.3 Å². The molecule has 0 spiro atoms. The Morgan fingerprint density at radius 2 is 1.30 bits per heavy atom. The van der Waals surface area contributed by atoms with Gasteiger partial charge in [0, 0.05) is 39.9 Å². The highest BCUT2D eigenvalue weighted by molar-refractivity contribution is 7.27. The van der Waals surface area contributed by atoms with Crippen molar-refractivity contribution in [3.05, 3.63) is 57.1 Å². The number of fused-ring (bicyclic) bond motifs is 2. The first kappa shape index (κ1) is 29.9. The third kappa shape index (κ3) is 6.40. The Kier molecular flexibility index (Phi) is 10.1. The lowest BCUT2D eigenvalue weighted by molar-refractivity contribution is 0.444. The number of rotatable bonds is 14. The minimum atomic E-state index is -0.0859. The standard InChI is InChI=1S/C34H40F2S4/c1-5-9-11-21(7-3)15-29-25(35)19-31(38-29)33-24-18-27-23(13-14-37-27)17-28(24)40-34(33)32-20-26(36)30(39-32)16-22(8-4)12-10-6-2/h13-14,17-22H,5-12,15-16H2,1-4H3. The Morgan fingerprint density at radius 3 is 1.90 bits per heavy atom. The van der Waals surface area contributed by atoms with E-state index < -0.39 is 0 Å². The van der Waals surface area contributed by atoms with Crippen LogP contribution in [-0.2, 0) is 12.8 Å². The zero-order valence-electron chi connectivity index (χ0n) is 24.1. The van der Waals surface area contributed by atoms with E-state index >= 15 is 8.78 Å². The third-order valence-electron chi connectivity index (χ3n) is 8.28. The molecule has 0 saturated heterocycles. The molecule has 0 aliphatic rings. The van der Waals surface area contributed by atoms with E-state index in [4.69, 9.17) is 0 Å². The van der Waals surface area contributed by atoms with Gasteiger partial charge >= 0.3 is 0 Å². The van der Waals surface area contributed by atoms with E-state index in [0.717, 1.165) is 73.9 Å². The van der Waals surface area contributed by atoms with Gasteiger partial charge in [-0.1, -0.05) is 79.1 Å². The number of halogens is 2. The van der Waals surface area contributed by atoms with Gasteiger partial charge < -0.3 is 0 Å². The molecule has 2 atom stereocenters. The summed E-state index contributed by atoms with van der Waals surface area (Å²) in [5.41, 5.74) is 1.08. The summed E-state index contributed by atoms with van der Waals surface area (Å²) in [6, 6.07) is 10.2. The van der Waals surface area contributed by atoms with Gasteiger partial charge in [0.25, 0.3) is 0 Å². The van der Waals surface area contributed by atoms with Crippen LogP contribution >= 0.6 is 45.3 Å². The molecule has 5 aromatic rings. The summed E-state index contributed by atoms with van der Waals surface area (Å²) in [5.74, 6) is 0.859. The number of thiophene rings is 4. The van der Waals surface area contributed by atoms with Crippen LogP contribution in [0.15, 0.2) is 35.7 Å². The fraction of sp³-hybridized carbons (Fsp3) is 0.471. The van der Waals surface area contributed by atoms with Crippen molar-refractivity contribution in [1.82, 2.24) is 0 Å². The van der Waals surface area contributed by atoms with E-state index in [1.165, 1.54) is 40.5 Å².